The fourth-order valence-electron chi connectivity index (χ4n) is 2.62. The van der Waals surface area contributed by atoms with Crippen LogP contribution in [0.5, 0.6) is 0 Å². The fraction of sp³-hybridized carbons (Fsp3) is 0.562. The van der Waals surface area contributed by atoms with E-state index in [1.54, 1.807) is 0 Å². The molecule has 1 heterocycles. The molecule has 0 bridgehead atoms. The molecule has 1 aromatic carbocycles. The van der Waals surface area contributed by atoms with Gasteiger partial charge in [0.15, 0.2) is 0 Å². The largest absolute Gasteiger partial charge is 0.399 e. The lowest BCUT2D eigenvalue weighted by molar-refractivity contribution is -0.119. The average molecular weight is 292 g/mol. The second-order valence-electron chi connectivity index (χ2n) is 5.40. The summed E-state index contributed by atoms with van der Waals surface area (Å²) in [6.45, 7) is 2.87. The third-order valence-electron chi connectivity index (χ3n) is 3.73. The molecule has 1 aromatic rings. The van der Waals surface area contributed by atoms with Crippen LogP contribution in [-0.2, 0) is 4.79 Å². The molecular formula is C16H24N2OS. The van der Waals surface area contributed by atoms with Gasteiger partial charge >= 0.3 is 0 Å². The van der Waals surface area contributed by atoms with Crippen LogP contribution in [0.3, 0.4) is 0 Å². The van der Waals surface area contributed by atoms with Crippen LogP contribution < -0.4 is 10.6 Å². The van der Waals surface area contributed by atoms with Crippen LogP contribution in [0.1, 0.15) is 32.6 Å². The molecule has 1 fully saturated rings. The molecule has 1 aliphatic rings. The van der Waals surface area contributed by atoms with Gasteiger partial charge in [-0.1, -0.05) is 13.0 Å². The predicted octanol–water partition coefficient (Wildman–Crippen LogP) is 3.55. The Labute approximate surface area is 125 Å². The van der Waals surface area contributed by atoms with Crippen molar-refractivity contribution in [3.63, 3.8) is 0 Å². The van der Waals surface area contributed by atoms with Crippen LogP contribution in [0.15, 0.2) is 24.3 Å². The SMILES string of the molecule is CCCN(C(=O)CC1CCSCC1)c1cccc(N)c1. The minimum absolute atomic E-state index is 0.245. The highest BCUT2D eigenvalue weighted by Gasteiger charge is 2.21. The number of carbonyl (C=O) groups excluding carboxylic acids is 1. The second-order valence-corrected chi connectivity index (χ2v) is 6.62. The van der Waals surface area contributed by atoms with Crippen LogP contribution >= 0.6 is 11.8 Å². The molecule has 1 aliphatic heterocycles. The van der Waals surface area contributed by atoms with Crippen molar-refractivity contribution in [2.45, 2.75) is 32.6 Å². The van der Waals surface area contributed by atoms with Crippen molar-refractivity contribution in [2.24, 2.45) is 5.92 Å². The number of amides is 1. The maximum Gasteiger partial charge on any atom is 0.227 e. The van der Waals surface area contributed by atoms with E-state index in [2.05, 4.69) is 6.92 Å². The average Bonchev–Trinajstić information content (AvgIpc) is 2.45. The van der Waals surface area contributed by atoms with E-state index in [4.69, 9.17) is 5.73 Å². The minimum Gasteiger partial charge on any atom is -0.399 e. The molecule has 110 valence electrons. The Morgan fingerprint density at radius 1 is 1.40 bits per heavy atom. The Bertz CT molecular complexity index is 444. The highest BCUT2D eigenvalue weighted by molar-refractivity contribution is 7.99. The monoisotopic (exact) mass is 292 g/mol. The molecule has 2 N–H and O–H groups in total. The molecule has 1 amide bonds. The molecule has 0 atom stereocenters. The number of nitrogens with zero attached hydrogens (tertiary/aromatic N) is 1. The van der Waals surface area contributed by atoms with Crippen molar-refractivity contribution in [1.29, 1.82) is 0 Å². The van der Waals surface area contributed by atoms with E-state index in [1.807, 2.05) is 40.9 Å². The molecular weight excluding hydrogens is 268 g/mol. The zero-order chi connectivity index (χ0) is 14.4. The lowest BCUT2D eigenvalue weighted by atomic mass is 9.98. The zero-order valence-electron chi connectivity index (χ0n) is 12.2. The molecule has 4 heteroatoms. The maximum atomic E-state index is 12.6. The first-order valence-corrected chi connectivity index (χ1v) is 8.60. The summed E-state index contributed by atoms with van der Waals surface area (Å²) < 4.78 is 0. The number of thioether (sulfide) groups is 1. The van der Waals surface area contributed by atoms with E-state index in [0.717, 1.165) is 18.7 Å². The normalized spacial score (nSPS) is 16.1. The van der Waals surface area contributed by atoms with Crippen molar-refractivity contribution >= 4 is 29.0 Å². The van der Waals surface area contributed by atoms with Gasteiger partial charge in [-0.25, -0.2) is 0 Å². The van der Waals surface area contributed by atoms with Gasteiger partial charge < -0.3 is 10.6 Å². The van der Waals surface area contributed by atoms with Gasteiger partial charge in [-0.15, -0.1) is 0 Å². The van der Waals surface area contributed by atoms with Gasteiger partial charge in [0.2, 0.25) is 5.91 Å². The fourth-order valence-corrected chi connectivity index (χ4v) is 3.83. The first-order chi connectivity index (χ1) is 9.70. The van der Waals surface area contributed by atoms with Gasteiger partial charge in [0.05, 0.1) is 0 Å². The van der Waals surface area contributed by atoms with E-state index >= 15 is 0 Å². The Balaban J connectivity index is 2.05. The Hall–Kier alpha value is -1.16. The molecule has 0 aromatic heterocycles. The summed E-state index contributed by atoms with van der Waals surface area (Å²) in [6.07, 6.45) is 3.98. The van der Waals surface area contributed by atoms with E-state index < -0.39 is 0 Å². The van der Waals surface area contributed by atoms with Crippen LogP contribution in [-0.4, -0.2) is 24.0 Å². The van der Waals surface area contributed by atoms with Gasteiger partial charge in [-0.3, -0.25) is 4.79 Å². The molecule has 0 radical (unpaired) electrons. The number of nitrogens with two attached hydrogens (primary N) is 1. The third-order valence-corrected chi connectivity index (χ3v) is 4.78. The number of carbonyl (C=O) groups is 1. The second kappa shape index (κ2) is 7.58. The highest BCUT2D eigenvalue weighted by Crippen LogP contribution is 2.27. The van der Waals surface area contributed by atoms with Crippen molar-refractivity contribution in [3.8, 4) is 0 Å². The van der Waals surface area contributed by atoms with Crippen molar-refractivity contribution < 1.29 is 4.79 Å². The van der Waals surface area contributed by atoms with Crippen LogP contribution in [0.4, 0.5) is 11.4 Å². The van der Waals surface area contributed by atoms with Crippen LogP contribution in [0.2, 0.25) is 0 Å². The molecule has 0 aliphatic carbocycles. The van der Waals surface area contributed by atoms with E-state index in [9.17, 15) is 4.79 Å². The number of rotatable bonds is 5. The van der Waals surface area contributed by atoms with Crippen molar-refractivity contribution in [3.05, 3.63) is 24.3 Å². The minimum atomic E-state index is 0.245. The predicted molar refractivity (Wildman–Crippen MR) is 88.2 cm³/mol. The number of hydrogen-bond acceptors (Lipinski definition) is 3. The molecule has 0 unspecified atom stereocenters. The van der Waals surface area contributed by atoms with Crippen LogP contribution in [0, 0.1) is 5.92 Å². The lowest BCUT2D eigenvalue weighted by Gasteiger charge is -2.27. The first-order valence-electron chi connectivity index (χ1n) is 7.44. The topological polar surface area (TPSA) is 46.3 Å². The van der Waals surface area contributed by atoms with E-state index in [0.29, 0.717) is 18.0 Å². The van der Waals surface area contributed by atoms with Gasteiger partial charge in [-0.05, 0) is 54.9 Å². The van der Waals surface area contributed by atoms with Gasteiger partial charge in [0.1, 0.15) is 0 Å². The van der Waals surface area contributed by atoms with Gasteiger partial charge in [0, 0.05) is 24.3 Å². The number of anilines is 2. The Morgan fingerprint density at radius 2 is 2.15 bits per heavy atom. The summed E-state index contributed by atoms with van der Waals surface area (Å²) >= 11 is 2.00. The molecule has 1 saturated heterocycles. The third kappa shape index (κ3) is 4.17. The Kier molecular flexibility index (Phi) is 5.77. The summed E-state index contributed by atoms with van der Waals surface area (Å²) in [4.78, 5) is 14.5. The van der Waals surface area contributed by atoms with E-state index in [-0.39, 0.29) is 5.91 Å². The van der Waals surface area contributed by atoms with Crippen LogP contribution in [0.25, 0.3) is 0 Å². The standard InChI is InChI=1S/C16H24N2OS/c1-2-8-18(15-5-3-4-14(17)12-15)16(19)11-13-6-9-20-10-7-13/h3-5,12-13H,2,6-11,17H2,1H3. The number of benzene rings is 1. The van der Waals surface area contributed by atoms with Crippen molar-refractivity contribution in [2.75, 3.05) is 28.7 Å². The summed E-state index contributed by atoms with van der Waals surface area (Å²) in [6, 6.07) is 7.64. The number of hydrogen-bond donors (Lipinski definition) is 1. The van der Waals surface area contributed by atoms with Gasteiger partial charge in [-0.2, -0.15) is 11.8 Å². The molecule has 0 saturated carbocycles. The molecule has 2 rings (SSSR count). The smallest absolute Gasteiger partial charge is 0.227 e. The number of nitrogen functional groups attached to an aromatic ring is 1. The lowest BCUT2D eigenvalue weighted by Crippen LogP contribution is -2.33. The Morgan fingerprint density at radius 3 is 2.80 bits per heavy atom. The highest BCUT2D eigenvalue weighted by atomic mass is 32.2. The zero-order valence-corrected chi connectivity index (χ0v) is 13.0. The van der Waals surface area contributed by atoms with Crippen molar-refractivity contribution in [1.82, 2.24) is 0 Å². The quantitative estimate of drug-likeness (QED) is 0.844. The summed E-state index contributed by atoms with van der Waals surface area (Å²) in [5, 5.41) is 0. The maximum absolute atomic E-state index is 12.6. The van der Waals surface area contributed by atoms with Gasteiger partial charge in [0.25, 0.3) is 0 Å². The molecule has 0 spiro atoms. The summed E-state index contributed by atoms with van der Waals surface area (Å²) in [5.74, 6) is 3.20. The summed E-state index contributed by atoms with van der Waals surface area (Å²) in [7, 11) is 0. The summed E-state index contributed by atoms with van der Waals surface area (Å²) in [5.41, 5.74) is 7.48. The molecule has 20 heavy (non-hydrogen) atoms. The first kappa shape index (κ1) is 15.2. The van der Waals surface area contributed by atoms with E-state index in [1.165, 1.54) is 24.3 Å². The molecule has 3 nitrogen and oxygen atoms in total.